The average molecular weight is 252 g/mol. The van der Waals surface area contributed by atoms with Crippen LogP contribution < -0.4 is 4.74 Å². The van der Waals surface area contributed by atoms with E-state index in [0.717, 1.165) is 0 Å². The van der Waals surface area contributed by atoms with Gasteiger partial charge in [-0.15, -0.1) is 0 Å². The van der Waals surface area contributed by atoms with E-state index >= 15 is 0 Å². The highest BCUT2D eigenvalue weighted by atomic mass is 16.6. The lowest BCUT2D eigenvalue weighted by Crippen LogP contribution is -2.29. The average Bonchev–Trinajstić information content (AvgIpc) is 2.78. The molecular weight excluding hydrogens is 240 g/mol. The number of hydrogen-bond donors (Lipinski definition) is 1. The normalized spacial score (nSPS) is 18.7. The first-order valence-corrected chi connectivity index (χ1v) is 5.45. The second-order valence-electron chi connectivity index (χ2n) is 4.01. The Hall–Kier alpha value is -2.31. The Morgan fingerprint density at radius 3 is 2.94 bits per heavy atom. The van der Waals surface area contributed by atoms with E-state index in [0.29, 0.717) is 18.7 Å². The molecule has 0 radical (unpaired) electrons. The molecule has 1 N–H and O–H groups in total. The molecule has 0 bridgehead atoms. The summed E-state index contributed by atoms with van der Waals surface area (Å²) in [6.45, 7) is 0.715. The number of nitro benzene ring substituents is 1. The third-order valence-electron chi connectivity index (χ3n) is 2.75. The van der Waals surface area contributed by atoms with E-state index in [2.05, 4.69) is 0 Å². The summed E-state index contributed by atoms with van der Waals surface area (Å²) in [4.78, 5) is 22.1. The molecule has 1 aliphatic rings. The van der Waals surface area contributed by atoms with E-state index < -0.39 is 11.0 Å². The molecule has 1 atom stereocenters. The maximum atomic E-state index is 10.7. The molecule has 18 heavy (non-hydrogen) atoms. The number of likely N-dealkylation sites (tertiary alicyclic amines) is 1. The van der Waals surface area contributed by atoms with Crippen LogP contribution in [0.3, 0.4) is 0 Å². The van der Waals surface area contributed by atoms with Crippen LogP contribution >= 0.6 is 0 Å². The van der Waals surface area contributed by atoms with E-state index in [-0.39, 0.29) is 18.3 Å². The summed E-state index contributed by atoms with van der Waals surface area (Å²) >= 11 is 0. The number of nitro groups is 1. The van der Waals surface area contributed by atoms with Crippen LogP contribution in [0.15, 0.2) is 24.3 Å². The number of nitrogens with zero attached hydrogens (tertiary/aromatic N) is 2. The molecule has 2 rings (SSSR count). The number of ether oxygens (including phenoxy) is 1. The van der Waals surface area contributed by atoms with Crippen LogP contribution in [-0.4, -0.2) is 40.2 Å². The fourth-order valence-corrected chi connectivity index (χ4v) is 1.86. The smallest absolute Gasteiger partial charge is 0.407 e. The Balaban J connectivity index is 2.00. The number of amides is 1. The Kier molecular flexibility index (Phi) is 3.31. The second kappa shape index (κ2) is 4.91. The standard InChI is InChI=1S/C11H12N2O5/c14-11(15)12-5-4-10(7-12)18-9-3-1-2-8(6-9)13(16)17/h1-3,6,10H,4-5,7H2,(H,14,15). The minimum atomic E-state index is -0.972. The van der Waals surface area contributed by atoms with Crippen molar-refractivity contribution in [3.05, 3.63) is 34.4 Å². The molecule has 7 heteroatoms. The lowest BCUT2D eigenvalue weighted by atomic mass is 10.3. The molecule has 0 saturated carbocycles. The third kappa shape index (κ3) is 2.68. The molecule has 96 valence electrons. The number of benzene rings is 1. The first-order chi connectivity index (χ1) is 8.56. The summed E-state index contributed by atoms with van der Waals surface area (Å²) < 4.78 is 5.54. The Bertz CT molecular complexity index is 476. The van der Waals surface area contributed by atoms with Crippen molar-refractivity contribution < 1.29 is 19.6 Å². The van der Waals surface area contributed by atoms with Gasteiger partial charge in [0.05, 0.1) is 17.5 Å². The highest BCUT2D eigenvalue weighted by molar-refractivity contribution is 5.65. The quantitative estimate of drug-likeness (QED) is 0.653. The van der Waals surface area contributed by atoms with Gasteiger partial charge in [-0.2, -0.15) is 0 Å². The van der Waals surface area contributed by atoms with Crippen LogP contribution in [0.2, 0.25) is 0 Å². The number of rotatable bonds is 3. The van der Waals surface area contributed by atoms with Gasteiger partial charge in [0.15, 0.2) is 0 Å². The molecule has 1 aromatic carbocycles. The molecule has 0 spiro atoms. The Morgan fingerprint density at radius 1 is 1.56 bits per heavy atom. The van der Waals surface area contributed by atoms with Crippen molar-refractivity contribution in [2.75, 3.05) is 13.1 Å². The van der Waals surface area contributed by atoms with Crippen molar-refractivity contribution in [2.24, 2.45) is 0 Å². The molecular formula is C11H12N2O5. The number of carbonyl (C=O) groups is 1. The summed E-state index contributed by atoms with van der Waals surface area (Å²) in [7, 11) is 0. The molecule has 1 saturated heterocycles. The zero-order valence-corrected chi connectivity index (χ0v) is 9.48. The SMILES string of the molecule is O=C(O)N1CCC(Oc2cccc([N+](=O)[O-])c2)C1. The molecule has 0 aromatic heterocycles. The van der Waals surface area contributed by atoms with Crippen molar-refractivity contribution >= 4 is 11.8 Å². The predicted molar refractivity (Wildman–Crippen MR) is 61.7 cm³/mol. The molecule has 7 nitrogen and oxygen atoms in total. The lowest BCUT2D eigenvalue weighted by Gasteiger charge is -2.14. The zero-order chi connectivity index (χ0) is 13.1. The van der Waals surface area contributed by atoms with Crippen LogP contribution in [0, 0.1) is 10.1 Å². The summed E-state index contributed by atoms with van der Waals surface area (Å²) in [6.07, 6.45) is -0.627. The highest BCUT2D eigenvalue weighted by Crippen LogP contribution is 2.22. The van der Waals surface area contributed by atoms with E-state index in [1.54, 1.807) is 6.07 Å². The van der Waals surface area contributed by atoms with Gasteiger partial charge < -0.3 is 14.7 Å². The van der Waals surface area contributed by atoms with Crippen LogP contribution in [0.4, 0.5) is 10.5 Å². The van der Waals surface area contributed by atoms with Gasteiger partial charge in [0.25, 0.3) is 5.69 Å². The Morgan fingerprint density at radius 2 is 2.33 bits per heavy atom. The lowest BCUT2D eigenvalue weighted by molar-refractivity contribution is -0.384. The van der Waals surface area contributed by atoms with Crippen molar-refractivity contribution in [3.63, 3.8) is 0 Å². The summed E-state index contributed by atoms with van der Waals surface area (Å²) in [6, 6.07) is 5.88. The first kappa shape index (κ1) is 12.2. The molecule has 1 amide bonds. The van der Waals surface area contributed by atoms with E-state index in [1.807, 2.05) is 0 Å². The van der Waals surface area contributed by atoms with Gasteiger partial charge in [-0.25, -0.2) is 4.79 Å². The van der Waals surface area contributed by atoms with Gasteiger partial charge in [-0.3, -0.25) is 10.1 Å². The molecule has 1 fully saturated rings. The maximum absolute atomic E-state index is 10.7. The fourth-order valence-electron chi connectivity index (χ4n) is 1.86. The summed E-state index contributed by atoms with van der Waals surface area (Å²) in [5, 5.41) is 19.4. The van der Waals surface area contributed by atoms with Gasteiger partial charge in [0.2, 0.25) is 0 Å². The molecule has 1 aromatic rings. The van der Waals surface area contributed by atoms with Crippen LogP contribution in [0.25, 0.3) is 0 Å². The number of hydrogen-bond acceptors (Lipinski definition) is 4. The largest absolute Gasteiger partial charge is 0.488 e. The van der Waals surface area contributed by atoms with E-state index in [1.165, 1.54) is 23.1 Å². The van der Waals surface area contributed by atoms with Crippen LogP contribution in [0.5, 0.6) is 5.75 Å². The maximum Gasteiger partial charge on any atom is 0.407 e. The van der Waals surface area contributed by atoms with Crippen LogP contribution in [0.1, 0.15) is 6.42 Å². The molecule has 0 aliphatic carbocycles. The van der Waals surface area contributed by atoms with Crippen LogP contribution in [-0.2, 0) is 0 Å². The van der Waals surface area contributed by atoms with E-state index in [9.17, 15) is 14.9 Å². The minimum Gasteiger partial charge on any atom is -0.488 e. The number of carboxylic acid groups (broad SMARTS) is 1. The topological polar surface area (TPSA) is 92.9 Å². The van der Waals surface area contributed by atoms with Crippen molar-refractivity contribution in [1.29, 1.82) is 0 Å². The summed E-state index contributed by atoms with van der Waals surface area (Å²) in [5.74, 6) is 0.390. The molecule has 1 unspecified atom stereocenters. The first-order valence-electron chi connectivity index (χ1n) is 5.45. The van der Waals surface area contributed by atoms with Gasteiger partial charge in [0, 0.05) is 19.0 Å². The Labute approximate surface area is 103 Å². The van der Waals surface area contributed by atoms with Crippen molar-refractivity contribution in [1.82, 2.24) is 4.90 Å². The number of non-ortho nitro benzene ring substituents is 1. The zero-order valence-electron chi connectivity index (χ0n) is 9.48. The summed E-state index contributed by atoms with van der Waals surface area (Å²) in [5.41, 5.74) is -0.0411. The van der Waals surface area contributed by atoms with Crippen molar-refractivity contribution in [3.8, 4) is 5.75 Å². The molecule has 1 aliphatic heterocycles. The monoisotopic (exact) mass is 252 g/mol. The second-order valence-corrected chi connectivity index (χ2v) is 4.01. The fraction of sp³-hybridized carbons (Fsp3) is 0.364. The van der Waals surface area contributed by atoms with Gasteiger partial charge in [-0.1, -0.05) is 6.07 Å². The molecule has 1 heterocycles. The van der Waals surface area contributed by atoms with Gasteiger partial charge >= 0.3 is 6.09 Å². The van der Waals surface area contributed by atoms with Gasteiger partial charge in [0.1, 0.15) is 11.9 Å². The highest BCUT2D eigenvalue weighted by Gasteiger charge is 2.27. The third-order valence-corrected chi connectivity index (χ3v) is 2.75. The van der Waals surface area contributed by atoms with Gasteiger partial charge in [-0.05, 0) is 6.07 Å². The van der Waals surface area contributed by atoms with E-state index in [4.69, 9.17) is 9.84 Å². The predicted octanol–water partition coefficient (Wildman–Crippen LogP) is 1.73. The van der Waals surface area contributed by atoms with Crippen molar-refractivity contribution in [2.45, 2.75) is 12.5 Å². The minimum absolute atomic E-state index is 0.0411.